The van der Waals surface area contributed by atoms with Crippen molar-refractivity contribution in [3.63, 3.8) is 0 Å². The van der Waals surface area contributed by atoms with Gasteiger partial charge in [-0.25, -0.2) is 0 Å². The predicted molar refractivity (Wildman–Crippen MR) is 96.0 cm³/mol. The van der Waals surface area contributed by atoms with Crippen molar-refractivity contribution >= 4 is 23.2 Å². The molecule has 2 aromatic rings. The standard InChI is InChI=1S/C20H22N2O2/c1-13-6-5-9-17(14(13)2)21-19(23)11-10-16-12-15-7-3-4-8-18(15)22-20(16)24/h3-9,16H,10-12H2,1-2H3,(H,21,23)(H,22,24). The molecule has 0 aromatic heterocycles. The smallest absolute Gasteiger partial charge is 0.227 e. The van der Waals surface area contributed by atoms with Crippen molar-refractivity contribution in [2.24, 2.45) is 5.92 Å². The average molecular weight is 322 g/mol. The Hall–Kier alpha value is -2.62. The zero-order chi connectivity index (χ0) is 17.1. The van der Waals surface area contributed by atoms with E-state index in [9.17, 15) is 9.59 Å². The lowest BCUT2D eigenvalue weighted by molar-refractivity contribution is -0.121. The summed E-state index contributed by atoms with van der Waals surface area (Å²) in [4.78, 5) is 24.4. The van der Waals surface area contributed by atoms with Gasteiger partial charge in [0.05, 0.1) is 0 Å². The normalized spacial score (nSPS) is 16.2. The van der Waals surface area contributed by atoms with Gasteiger partial charge in [0, 0.05) is 23.7 Å². The molecule has 24 heavy (non-hydrogen) atoms. The van der Waals surface area contributed by atoms with Crippen molar-refractivity contribution in [2.75, 3.05) is 10.6 Å². The van der Waals surface area contributed by atoms with E-state index in [-0.39, 0.29) is 17.7 Å². The second kappa shape index (κ2) is 6.87. The summed E-state index contributed by atoms with van der Waals surface area (Å²) < 4.78 is 0. The first-order valence-corrected chi connectivity index (χ1v) is 8.29. The van der Waals surface area contributed by atoms with Crippen LogP contribution in [0.15, 0.2) is 42.5 Å². The van der Waals surface area contributed by atoms with Crippen LogP contribution >= 0.6 is 0 Å². The van der Waals surface area contributed by atoms with Gasteiger partial charge in [-0.2, -0.15) is 0 Å². The molecule has 0 bridgehead atoms. The topological polar surface area (TPSA) is 58.2 Å². The third-order valence-corrected chi connectivity index (χ3v) is 4.71. The Balaban J connectivity index is 1.59. The third kappa shape index (κ3) is 3.48. The van der Waals surface area contributed by atoms with Crippen LogP contribution in [0.25, 0.3) is 0 Å². The molecular formula is C20H22N2O2. The quantitative estimate of drug-likeness (QED) is 0.898. The average Bonchev–Trinajstić information content (AvgIpc) is 2.57. The van der Waals surface area contributed by atoms with E-state index in [4.69, 9.17) is 0 Å². The van der Waals surface area contributed by atoms with Crippen LogP contribution in [0.5, 0.6) is 0 Å². The molecule has 4 heteroatoms. The van der Waals surface area contributed by atoms with E-state index in [1.54, 1.807) is 0 Å². The van der Waals surface area contributed by atoms with Gasteiger partial charge in [0.25, 0.3) is 0 Å². The van der Waals surface area contributed by atoms with Gasteiger partial charge in [-0.3, -0.25) is 9.59 Å². The maximum absolute atomic E-state index is 12.2. The number of amides is 2. The molecule has 0 fully saturated rings. The minimum atomic E-state index is -0.149. The van der Waals surface area contributed by atoms with Gasteiger partial charge in [-0.05, 0) is 55.5 Å². The second-order valence-electron chi connectivity index (χ2n) is 6.38. The number of para-hydroxylation sites is 1. The van der Waals surface area contributed by atoms with Gasteiger partial charge in [-0.1, -0.05) is 30.3 Å². The molecule has 2 amide bonds. The Bertz CT molecular complexity index is 783. The summed E-state index contributed by atoms with van der Waals surface area (Å²) in [6.45, 7) is 4.02. The zero-order valence-corrected chi connectivity index (χ0v) is 14.1. The molecule has 2 N–H and O–H groups in total. The van der Waals surface area contributed by atoms with Gasteiger partial charge >= 0.3 is 0 Å². The molecule has 0 spiro atoms. The Morgan fingerprint density at radius 3 is 2.79 bits per heavy atom. The van der Waals surface area contributed by atoms with E-state index >= 15 is 0 Å². The molecule has 1 atom stereocenters. The van der Waals surface area contributed by atoms with Crippen LogP contribution in [0.3, 0.4) is 0 Å². The molecule has 0 radical (unpaired) electrons. The fourth-order valence-corrected chi connectivity index (χ4v) is 3.05. The van der Waals surface area contributed by atoms with Crippen molar-refractivity contribution in [3.05, 3.63) is 59.2 Å². The Morgan fingerprint density at radius 2 is 1.96 bits per heavy atom. The van der Waals surface area contributed by atoms with E-state index in [1.807, 2.05) is 56.3 Å². The lowest BCUT2D eigenvalue weighted by atomic mass is 9.89. The number of carbonyl (C=O) groups is 2. The predicted octanol–water partition coefficient (Wildman–Crippen LogP) is 3.83. The lowest BCUT2D eigenvalue weighted by Crippen LogP contribution is -2.30. The van der Waals surface area contributed by atoms with Crippen molar-refractivity contribution in [1.82, 2.24) is 0 Å². The van der Waals surface area contributed by atoms with Crippen LogP contribution in [0.1, 0.15) is 29.5 Å². The maximum atomic E-state index is 12.2. The minimum Gasteiger partial charge on any atom is -0.326 e. The molecule has 2 aromatic carbocycles. The van der Waals surface area contributed by atoms with E-state index in [0.29, 0.717) is 19.3 Å². The maximum Gasteiger partial charge on any atom is 0.227 e. The Morgan fingerprint density at radius 1 is 1.17 bits per heavy atom. The SMILES string of the molecule is Cc1cccc(NC(=O)CCC2Cc3ccccc3NC2=O)c1C. The first kappa shape index (κ1) is 16.2. The molecule has 3 rings (SSSR count). The molecule has 1 unspecified atom stereocenters. The monoisotopic (exact) mass is 322 g/mol. The largest absolute Gasteiger partial charge is 0.326 e. The van der Waals surface area contributed by atoms with Crippen LogP contribution in [-0.2, 0) is 16.0 Å². The fourth-order valence-electron chi connectivity index (χ4n) is 3.05. The highest BCUT2D eigenvalue weighted by Crippen LogP contribution is 2.27. The van der Waals surface area contributed by atoms with E-state index < -0.39 is 0 Å². The lowest BCUT2D eigenvalue weighted by Gasteiger charge is -2.24. The third-order valence-electron chi connectivity index (χ3n) is 4.71. The first-order valence-electron chi connectivity index (χ1n) is 8.29. The summed E-state index contributed by atoms with van der Waals surface area (Å²) >= 11 is 0. The number of fused-ring (bicyclic) bond motifs is 1. The number of nitrogens with one attached hydrogen (secondary N) is 2. The van der Waals surface area contributed by atoms with Crippen molar-refractivity contribution in [3.8, 4) is 0 Å². The van der Waals surface area contributed by atoms with Crippen LogP contribution in [0.4, 0.5) is 11.4 Å². The van der Waals surface area contributed by atoms with Gasteiger partial charge in [0.2, 0.25) is 11.8 Å². The summed E-state index contributed by atoms with van der Waals surface area (Å²) in [5, 5.41) is 5.88. The summed E-state index contributed by atoms with van der Waals surface area (Å²) in [5.41, 5.74) is 5.10. The van der Waals surface area contributed by atoms with Crippen molar-refractivity contribution < 1.29 is 9.59 Å². The number of anilines is 2. The first-order chi connectivity index (χ1) is 11.5. The molecule has 4 nitrogen and oxygen atoms in total. The van der Waals surface area contributed by atoms with Gasteiger partial charge in [-0.15, -0.1) is 0 Å². The zero-order valence-electron chi connectivity index (χ0n) is 14.1. The summed E-state index contributed by atoms with van der Waals surface area (Å²) in [6, 6.07) is 13.7. The summed E-state index contributed by atoms with van der Waals surface area (Å²) in [7, 11) is 0. The van der Waals surface area contributed by atoms with E-state index in [0.717, 1.165) is 28.1 Å². The highest BCUT2D eigenvalue weighted by molar-refractivity contribution is 5.96. The number of rotatable bonds is 4. The number of hydrogen-bond donors (Lipinski definition) is 2. The number of hydrogen-bond acceptors (Lipinski definition) is 2. The van der Waals surface area contributed by atoms with Crippen molar-refractivity contribution in [2.45, 2.75) is 33.1 Å². The van der Waals surface area contributed by atoms with E-state index in [1.165, 1.54) is 0 Å². The molecule has 0 aliphatic carbocycles. The molecular weight excluding hydrogens is 300 g/mol. The molecule has 0 saturated carbocycles. The number of carbonyl (C=O) groups excluding carboxylic acids is 2. The minimum absolute atomic E-state index is 0.00763. The van der Waals surface area contributed by atoms with Gasteiger partial charge in [0.15, 0.2) is 0 Å². The van der Waals surface area contributed by atoms with Crippen LogP contribution in [0, 0.1) is 19.8 Å². The van der Waals surface area contributed by atoms with Crippen molar-refractivity contribution in [1.29, 1.82) is 0 Å². The fraction of sp³-hybridized carbons (Fsp3) is 0.300. The number of aryl methyl sites for hydroxylation is 1. The van der Waals surface area contributed by atoms with E-state index in [2.05, 4.69) is 10.6 Å². The highest BCUT2D eigenvalue weighted by Gasteiger charge is 2.26. The van der Waals surface area contributed by atoms with Crippen LogP contribution in [-0.4, -0.2) is 11.8 Å². The Labute approximate surface area is 142 Å². The number of benzene rings is 2. The second-order valence-corrected chi connectivity index (χ2v) is 6.38. The molecule has 124 valence electrons. The van der Waals surface area contributed by atoms with Crippen LogP contribution < -0.4 is 10.6 Å². The van der Waals surface area contributed by atoms with Gasteiger partial charge in [0.1, 0.15) is 0 Å². The summed E-state index contributed by atoms with van der Waals surface area (Å²) in [5.74, 6) is -0.187. The molecule has 1 aliphatic rings. The summed E-state index contributed by atoms with van der Waals surface area (Å²) in [6.07, 6.45) is 1.59. The molecule has 1 aliphatic heterocycles. The highest BCUT2D eigenvalue weighted by atomic mass is 16.2. The Kier molecular flexibility index (Phi) is 4.65. The molecule has 0 saturated heterocycles. The van der Waals surface area contributed by atoms with Crippen LogP contribution in [0.2, 0.25) is 0 Å². The van der Waals surface area contributed by atoms with Gasteiger partial charge < -0.3 is 10.6 Å². The molecule has 1 heterocycles.